The third-order valence-corrected chi connectivity index (χ3v) is 1.98. The van der Waals surface area contributed by atoms with E-state index in [-0.39, 0.29) is 13.0 Å². The lowest BCUT2D eigenvalue weighted by Crippen LogP contribution is -2.50. The number of aliphatic hydroxyl groups excluding tert-OH is 3. The smallest absolute Gasteiger partial charge is 0.160 e. The van der Waals surface area contributed by atoms with Gasteiger partial charge in [-0.25, -0.2) is 0 Å². The largest absolute Gasteiger partial charge is 0.394 e. The Morgan fingerprint density at radius 2 is 2.17 bits per heavy atom. The van der Waals surface area contributed by atoms with Gasteiger partial charge in [-0.2, -0.15) is 0 Å². The van der Waals surface area contributed by atoms with Crippen molar-refractivity contribution in [2.75, 3.05) is 13.7 Å². The van der Waals surface area contributed by atoms with Crippen LogP contribution in [0.5, 0.6) is 0 Å². The monoisotopic (exact) mass is 178 g/mol. The highest BCUT2D eigenvalue weighted by Crippen LogP contribution is 2.20. The first-order valence-electron chi connectivity index (χ1n) is 3.84. The van der Waals surface area contributed by atoms with Crippen LogP contribution in [0.1, 0.15) is 6.42 Å². The average Bonchev–Trinajstić information content (AvgIpc) is 2.09. The molecule has 1 aliphatic heterocycles. The van der Waals surface area contributed by atoms with Gasteiger partial charge in [-0.15, -0.1) is 0 Å². The molecule has 1 saturated heterocycles. The summed E-state index contributed by atoms with van der Waals surface area (Å²) in [6.45, 7) is -0.321. The number of methoxy groups -OCH3 is 1. The Hall–Kier alpha value is -0.200. The molecule has 1 fully saturated rings. The molecule has 0 aromatic rings. The van der Waals surface area contributed by atoms with E-state index in [4.69, 9.17) is 14.6 Å². The van der Waals surface area contributed by atoms with E-state index in [1.807, 2.05) is 0 Å². The Kier molecular flexibility index (Phi) is 3.42. The van der Waals surface area contributed by atoms with Crippen molar-refractivity contribution in [3.05, 3.63) is 0 Å². The summed E-state index contributed by atoms with van der Waals surface area (Å²) in [7, 11) is 1.45. The van der Waals surface area contributed by atoms with Gasteiger partial charge in [0.05, 0.1) is 12.7 Å². The average molecular weight is 178 g/mol. The number of rotatable bonds is 2. The lowest BCUT2D eigenvalue weighted by atomic mass is 10.0. The predicted molar refractivity (Wildman–Crippen MR) is 39.4 cm³/mol. The van der Waals surface area contributed by atoms with Crippen molar-refractivity contribution in [2.45, 2.75) is 31.0 Å². The van der Waals surface area contributed by atoms with Gasteiger partial charge in [0.1, 0.15) is 12.2 Å². The van der Waals surface area contributed by atoms with Gasteiger partial charge < -0.3 is 24.8 Å². The van der Waals surface area contributed by atoms with Gasteiger partial charge in [-0.3, -0.25) is 0 Å². The molecule has 0 aromatic carbocycles. The molecule has 1 heterocycles. The lowest BCUT2D eigenvalue weighted by Gasteiger charge is -2.35. The van der Waals surface area contributed by atoms with Gasteiger partial charge in [0, 0.05) is 13.5 Å². The van der Waals surface area contributed by atoms with Crippen molar-refractivity contribution < 1.29 is 24.8 Å². The first-order valence-corrected chi connectivity index (χ1v) is 3.84. The van der Waals surface area contributed by atoms with Crippen LogP contribution in [-0.4, -0.2) is 53.6 Å². The van der Waals surface area contributed by atoms with Crippen molar-refractivity contribution in [1.29, 1.82) is 0 Å². The maximum Gasteiger partial charge on any atom is 0.160 e. The van der Waals surface area contributed by atoms with Gasteiger partial charge in [-0.1, -0.05) is 0 Å². The van der Waals surface area contributed by atoms with E-state index in [2.05, 4.69) is 0 Å². The molecule has 1 rings (SSSR count). The molecule has 0 aromatic heterocycles. The fraction of sp³-hybridized carbons (Fsp3) is 1.00. The van der Waals surface area contributed by atoms with Crippen LogP contribution in [0.15, 0.2) is 0 Å². The minimum absolute atomic E-state index is 0.230. The summed E-state index contributed by atoms with van der Waals surface area (Å²) < 4.78 is 9.92. The van der Waals surface area contributed by atoms with Gasteiger partial charge in [0.15, 0.2) is 6.29 Å². The highest BCUT2D eigenvalue weighted by atomic mass is 16.7. The quantitative estimate of drug-likeness (QED) is 0.477. The molecule has 0 radical (unpaired) electrons. The lowest BCUT2D eigenvalue weighted by molar-refractivity contribution is -0.248. The second kappa shape index (κ2) is 4.15. The Bertz CT molecular complexity index is 140. The van der Waals surface area contributed by atoms with Crippen LogP contribution in [0, 0.1) is 0 Å². The SMILES string of the molecule is CO[C@H]1CC(O)[C@@H](O)[C@@H](CO)O1. The zero-order valence-corrected chi connectivity index (χ0v) is 6.88. The molecule has 0 spiro atoms. The predicted octanol–water partition coefficient (Wildman–Crippen LogP) is -1.54. The van der Waals surface area contributed by atoms with Crippen LogP contribution in [0.2, 0.25) is 0 Å². The zero-order chi connectivity index (χ0) is 9.14. The molecular weight excluding hydrogens is 164 g/mol. The summed E-state index contributed by atoms with van der Waals surface area (Å²) in [6, 6.07) is 0. The number of ether oxygens (including phenoxy) is 2. The molecule has 0 bridgehead atoms. The number of hydrogen-bond donors (Lipinski definition) is 3. The molecule has 0 saturated carbocycles. The Morgan fingerprint density at radius 3 is 2.67 bits per heavy atom. The first kappa shape index (κ1) is 9.88. The fourth-order valence-corrected chi connectivity index (χ4v) is 1.22. The maximum atomic E-state index is 9.26. The molecule has 1 unspecified atom stereocenters. The number of hydrogen-bond acceptors (Lipinski definition) is 5. The third kappa shape index (κ3) is 1.94. The standard InChI is InChI=1S/C7H14O5/c1-11-6-2-4(9)7(10)5(3-8)12-6/h4-10H,2-3H2,1H3/t4?,5-,6-,7-/m1/s1. The van der Waals surface area contributed by atoms with Gasteiger partial charge >= 0.3 is 0 Å². The summed E-state index contributed by atoms with van der Waals surface area (Å²) in [5.41, 5.74) is 0. The van der Waals surface area contributed by atoms with E-state index >= 15 is 0 Å². The van der Waals surface area contributed by atoms with E-state index < -0.39 is 24.6 Å². The summed E-state index contributed by atoms with van der Waals surface area (Å²) in [5.74, 6) is 0. The van der Waals surface area contributed by atoms with E-state index in [1.54, 1.807) is 0 Å². The van der Waals surface area contributed by atoms with Gasteiger partial charge in [0.25, 0.3) is 0 Å². The number of aliphatic hydroxyl groups is 3. The van der Waals surface area contributed by atoms with Crippen molar-refractivity contribution in [1.82, 2.24) is 0 Å². The maximum absolute atomic E-state index is 9.26. The van der Waals surface area contributed by atoms with E-state index in [0.717, 1.165) is 0 Å². The van der Waals surface area contributed by atoms with E-state index in [1.165, 1.54) is 7.11 Å². The van der Waals surface area contributed by atoms with Crippen LogP contribution in [0.4, 0.5) is 0 Å². The summed E-state index contributed by atoms with van der Waals surface area (Å²) in [4.78, 5) is 0. The normalized spacial score (nSPS) is 43.0. The van der Waals surface area contributed by atoms with E-state index in [9.17, 15) is 10.2 Å². The van der Waals surface area contributed by atoms with Crippen molar-refractivity contribution in [3.63, 3.8) is 0 Å². The van der Waals surface area contributed by atoms with Crippen LogP contribution in [0.3, 0.4) is 0 Å². The van der Waals surface area contributed by atoms with Crippen molar-refractivity contribution in [3.8, 4) is 0 Å². The van der Waals surface area contributed by atoms with Crippen LogP contribution >= 0.6 is 0 Å². The molecule has 0 amide bonds. The minimum atomic E-state index is -1.03. The highest BCUT2D eigenvalue weighted by Gasteiger charge is 2.36. The van der Waals surface area contributed by atoms with Crippen LogP contribution in [-0.2, 0) is 9.47 Å². The van der Waals surface area contributed by atoms with Gasteiger partial charge in [-0.05, 0) is 0 Å². The highest BCUT2D eigenvalue weighted by molar-refractivity contribution is 4.81. The van der Waals surface area contributed by atoms with Crippen molar-refractivity contribution in [2.24, 2.45) is 0 Å². The molecular formula is C7H14O5. The summed E-state index contributed by atoms with van der Waals surface area (Å²) >= 11 is 0. The molecule has 5 nitrogen and oxygen atoms in total. The van der Waals surface area contributed by atoms with Crippen molar-refractivity contribution >= 4 is 0 Å². The Labute approximate surface area is 70.5 Å². The molecule has 72 valence electrons. The Balaban J connectivity index is 2.52. The first-order chi connectivity index (χ1) is 5.69. The second-order valence-electron chi connectivity index (χ2n) is 2.82. The molecule has 1 aliphatic rings. The molecule has 3 N–H and O–H groups in total. The summed E-state index contributed by atoms with van der Waals surface area (Å²) in [6.07, 6.45) is -2.98. The van der Waals surface area contributed by atoms with E-state index in [0.29, 0.717) is 0 Å². The van der Waals surface area contributed by atoms with Crippen LogP contribution in [0.25, 0.3) is 0 Å². The van der Waals surface area contributed by atoms with Crippen LogP contribution < -0.4 is 0 Å². The molecule has 5 heteroatoms. The zero-order valence-electron chi connectivity index (χ0n) is 6.88. The third-order valence-electron chi connectivity index (χ3n) is 1.98. The minimum Gasteiger partial charge on any atom is -0.394 e. The topological polar surface area (TPSA) is 79.2 Å². The molecule has 12 heavy (non-hydrogen) atoms. The molecule has 0 aliphatic carbocycles. The summed E-state index contributed by atoms with van der Waals surface area (Å²) in [5, 5.41) is 27.3. The Morgan fingerprint density at radius 1 is 1.50 bits per heavy atom. The fourth-order valence-electron chi connectivity index (χ4n) is 1.22. The van der Waals surface area contributed by atoms with Gasteiger partial charge in [0.2, 0.25) is 0 Å². The molecule has 4 atom stereocenters. The second-order valence-corrected chi connectivity index (χ2v) is 2.82.